The Morgan fingerprint density at radius 1 is 1.19 bits per heavy atom. The average molecular weight is 291 g/mol. The lowest BCUT2D eigenvalue weighted by Crippen LogP contribution is -2.42. The van der Waals surface area contributed by atoms with Crippen LogP contribution in [0.3, 0.4) is 0 Å². The van der Waals surface area contributed by atoms with Crippen LogP contribution in [0.1, 0.15) is 31.4 Å². The molecule has 1 amide bonds. The molecule has 1 aromatic rings. The van der Waals surface area contributed by atoms with Crippen molar-refractivity contribution in [1.29, 1.82) is 0 Å². The van der Waals surface area contributed by atoms with E-state index in [2.05, 4.69) is 5.32 Å². The zero-order valence-corrected chi connectivity index (χ0v) is 12.6. The summed E-state index contributed by atoms with van der Waals surface area (Å²) < 4.78 is 0. The van der Waals surface area contributed by atoms with Crippen molar-refractivity contribution < 1.29 is 19.5 Å². The summed E-state index contributed by atoms with van der Waals surface area (Å²) in [5.74, 6) is -2.34. The summed E-state index contributed by atoms with van der Waals surface area (Å²) in [4.78, 5) is 34.3. The van der Waals surface area contributed by atoms with Gasteiger partial charge in [-0.1, -0.05) is 36.8 Å². The molecule has 0 aliphatic carbocycles. The maximum absolute atomic E-state index is 12.2. The topological polar surface area (TPSA) is 83.5 Å². The van der Waals surface area contributed by atoms with Gasteiger partial charge in [0.25, 0.3) is 0 Å². The van der Waals surface area contributed by atoms with Gasteiger partial charge in [-0.3, -0.25) is 14.4 Å². The van der Waals surface area contributed by atoms with Crippen LogP contribution < -0.4 is 5.32 Å². The van der Waals surface area contributed by atoms with E-state index in [0.29, 0.717) is 6.42 Å². The SMILES string of the molecule is CC(=O)N[C@H](Cc1ccc(C)cc1)C(=O)C[C@H](C)C(=O)O. The molecule has 1 aromatic carbocycles. The van der Waals surface area contributed by atoms with Gasteiger partial charge in [0.15, 0.2) is 5.78 Å². The molecule has 0 heterocycles. The number of rotatable bonds is 7. The number of amides is 1. The molecule has 0 unspecified atom stereocenters. The van der Waals surface area contributed by atoms with Gasteiger partial charge < -0.3 is 10.4 Å². The Morgan fingerprint density at radius 2 is 1.76 bits per heavy atom. The van der Waals surface area contributed by atoms with Crippen molar-refractivity contribution in [3.8, 4) is 0 Å². The second-order valence-electron chi connectivity index (χ2n) is 5.35. The highest BCUT2D eigenvalue weighted by Crippen LogP contribution is 2.11. The summed E-state index contributed by atoms with van der Waals surface area (Å²) in [5, 5.41) is 11.5. The average Bonchev–Trinajstić information content (AvgIpc) is 2.39. The predicted molar refractivity (Wildman–Crippen MR) is 78.9 cm³/mol. The van der Waals surface area contributed by atoms with Gasteiger partial charge in [0.1, 0.15) is 0 Å². The number of ketones is 1. The van der Waals surface area contributed by atoms with Crippen LogP contribution >= 0.6 is 0 Å². The first-order chi connectivity index (χ1) is 9.79. The van der Waals surface area contributed by atoms with E-state index in [4.69, 9.17) is 5.11 Å². The van der Waals surface area contributed by atoms with E-state index >= 15 is 0 Å². The lowest BCUT2D eigenvalue weighted by atomic mass is 9.95. The molecule has 0 radical (unpaired) electrons. The Bertz CT molecular complexity index is 522. The molecule has 0 aromatic heterocycles. The van der Waals surface area contributed by atoms with Gasteiger partial charge in [0.2, 0.25) is 5.91 Å². The van der Waals surface area contributed by atoms with Crippen LogP contribution in [-0.4, -0.2) is 28.8 Å². The third-order valence-corrected chi connectivity index (χ3v) is 3.26. The molecular weight excluding hydrogens is 270 g/mol. The van der Waals surface area contributed by atoms with Crippen molar-refractivity contribution in [2.75, 3.05) is 0 Å². The standard InChI is InChI=1S/C16H21NO4/c1-10-4-6-13(7-5-10)9-14(17-12(3)18)15(19)8-11(2)16(20)21/h4-7,11,14H,8-9H2,1-3H3,(H,17,18)(H,20,21)/t11-,14+/m0/s1. The van der Waals surface area contributed by atoms with Crippen LogP contribution in [0.4, 0.5) is 0 Å². The van der Waals surface area contributed by atoms with Crippen LogP contribution in [0.25, 0.3) is 0 Å². The van der Waals surface area contributed by atoms with E-state index < -0.39 is 17.9 Å². The summed E-state index contributed by atoms with van der Waals surface area (Å²) >= 11 is 0. The molecule has 0 saturated carbocycles. The Kier molecular flexibility index (Phi) is 6.09. The van der Waals surface area contributed by atoms with Crippen molar-refractivity contribution in [2.24, 2.45) is 5.92 Å². The van der Waals surface area contributed by atoms with E-state index in [1.54, 1.807) is 0 Å². The molecule has 1 rings (SSSR count). The number of benzene rings is 1. The zero-order chi connectivity index (χ0) is 16.0. The van der Waals surface area contributed by atoms with Gasteiger partial charge in [0.05, 0.1) is 12.0 Å². The minimum absolute atomic E-state index is 0.0911. The molecule has 2 N–H and O–H groups in total. The Hall–Kier alpha value is -2.17. The van der Waals surface area contributed by atoms with Crippen LogP contribution in [0.15, 0.2) is 24.3 Å². The van der Waals surface area contributed by atoms with E-state index in [1.807, 2.05) is 31.2 Å². The van der Waals surface area contributed by atoms with Gasteiger partial charge in [-0.15, -0.1) is 0 Å². The number of hydrogen-bond acceptors (Lipinski definition) is 3. The molecule has 21 heavy (non-hydrogen) atoms. The molecule has 0 aliphatic rings. The first-order valence-electron chi connectivity index (χ1n) is 6.87. The number of hydrogen-bond donors (Lipinski definition) is 2. The smallest absolute Gasteiger partial charge is 0.306 e. The predicted octanol–water partition coefficient (Wildman–Crippen LogP) is 1.72. The molecule has 0 aliphatic heterocycles. The molecule has 0 saturated heterocycles. The van der Waals surface area contributed by atoms with Gasteiger partial charge >= 0.3 is 5.97 Å². The molecule has 0 spiro atoms. The molecule has 2 atom stereocenters. The molecule has 0 fully saturated rings. The van der Waals surface area contributed by atoms with Crippen molar-refractivity contribution in [2.45, 2.75) is 39.7 Å². The second-order valence-corrected chi connectivity index (χ2v) is 5.35. The Morgan fingerprint density at radius 3 is 2.24 bits per heavy atom. The Balaban J connectivity index is 2.79. The lowest BCUT2D eigenvalue weighted by molar-refractivity contribution is -0.143. The van der Waals surface area contributed by atoms with Crippen LogP contribution in [-0.2, 0) is 20.8 Å². The van der Waals surface area contributed by atoms with Crippen LogP contribution in [0, 0.1) is 12.8 Å². The summed E-state index contributed by atoms with van der Waals surface area (Å²) in [5.41, 5.74) is 2.04. The fraction of sp³-hybridized carbons (Fsp3) is 0.438. The highest BCUT2D eigenvalue weighted by molar-refractivity contribution is 5.91. The quantitative estimate of drug-likeness (QED) is 0.801. The summed E-state index contributed by atoms with van der Waals surface area (Å²) in [6, 6.07) is 6.98. The minimum atomic E-state index is -1.01. The van der Waals surface area contributed by atoms with Gasteiger partial charge in [-0.2, -0.15) is 0 Å². The largest absolute Gasteiger partial charge is 0.481 e. The maximum Gasteiger partial charge on any atom is 0.306 e. The maximum atomic E-state index is 12.2. The van der Waals surface area contributed by atoms with E-state index in [9.17, 15) is 14.4 Å². The second kappa shape index (κ2) is 7.57. The summed E-state index contributed by atoms with van der Waals surface area (Å²) in [7, 11) is 0. The third kappa shape index (κ3) is 5.77. The van der Waals surface area contributed by atoms with Gasteiger partial charge in [-0.05, 0) is 18.9 Å². The number of aliphatic carboxylic acids is 1. The third-order valence-electron chi connectivity index (χ3n) is 3.26. The summed E-state index contributed by atoms with van der Waals surface area (Å²) in [6.45, 7) is 4.79. The number of Topliss-reactive ketones (excluding diaryl/α,β-unsaturated/α-hetero) is 1. The molecule has 5 nitrogen and oxygen atoms in total. The highest BCUT2D eigenvalue weighted by atomic mass is 16.4. The van der Waals surface area contributed by atoms with E-state index in [0.717, 1.165) is 11.1 Å². The first kappa shape index (κ1) is 16.9. The van der Waals surface area contributed by atoms with Gasteiger partial charge in [-0.25, -0.2) is 0 Å². The lowest BCUT2D eigenvalue weighted by Gasteiger charge is -2.18. The fourth-order valence-electron chi connectivity index (χ4n) is 1.98. The Labute approximate surface area is 124 Å². The number of carbonyl (C=O) groups excluding carboxylic acids is 2. The highest BCUT2D eigenvalue weighted by Gasteiger charge is 2.24. The normalized spacial score (nSPS) is 13.3. The number of nitrogens with one attached hydrogen (secondary N) is 1. The number of carboxylic acids is 1. The summed E-state index contributed by atoms with van der Waals surface area (Å²) in [6.07, 6.45) is 0.275. The van der Waals surface area contributed by atoms with Crippen LogP contribution in [0.5, 0.6) is 0 Å². The molecule has 114 valence electrons. The zero-order valence-electron chi connectivity index (χ0n) is 12.6. The number of aryl methyl sites for hydroxylation is 1. The van der Waals surface area contributed by atoms with Gasteiger partial charge in [0, 0.05) is 13.3 Å². The molecule has 5 heteroatoms. The van der Waals surface area contributed by atoms with E-state index in [1.165, 1.54) is 13.8 Å². The van der Waals surface area contributed by atoms with Crippen molar-refractivity contribution >= 4 is 17.7 Å². The number of carbonyl (C=O) groups is 3. The van der Waals surface area contributed by atoms with Crippen molar-refractivity contribution in [1.82, 2.24) is 5.32 Å². The fourth-order valence-corrected chi connectivity index (χ4v) is 1.98. The number of carboxylic acid groups (broad SMARTS) is 1. The van der Waals surface area contributed by atoms with Crippen molar-refractivity contribution in [3.63, 3.8) is 0 Å². The minimum Gasteiger partial charge on any atom is -0.481 e. The first-order valence-corrected chi connectivity index (χ1v) is 6.87. The van der Waals surface area contributed by atoms with E-state index in [-0.39, 0.29) is 18.1 Å². The molecular formula is C16H21NO4. The van der Waals surface area contributed by atoms with Crippen molar-refractivity contribution in [3.05, 3.63) is 35.4 Å². The monoisotopic (exact) mass is 291 g/mol. The molecule has 0 bridgehead atoms. The van der Waals surface area contributed by atoms with Crippen LogP contribution in [0.2, 0.25) is 0 Å².